The molecule has 0 N–H and O–H groups in total. The molecule has 5 nitrogen and oxygen atoms in total. The standard InChI is InChI=1S/C31H23FN2O3/c1-19-3-7-22(8-4-19)29-30(23-9-5-20(2)6-10-23)34-27-17-24(13-16-26(27)33-29)31(36)37-18-28(35)21-11-14-25(32)15-12-21/h3-17H,18H2,1-2H3. The molecule has 0 bridgehead atoms. The molecule has 1 heterocycles. The number of aryl methyl sites for hydroxylation is 2. The molecule has 1 aromatic heterocycles. The zero-order valence-corrected chi connectivity index (χ0v) is 20.4. The molecule has 0 saturated carbocycles. The van der Waals surface area contributed by atoms with Crippen molar-refractivity contribution in [1.82, 2.24) is 9.97 Å². The van der Waals surface area contributed by atoms with Gasteiger partial charge in [-0.3, -0.25) is 4.79 Å². The van der Waals surface area contributed by atoms with Crippen LogP contribution in [0.5, 0.6) is 0 Å². The van der Waals surface area contributed by atoms with E-state index in [1.807, 2.05) is 62.4 Å². The average Bonchev–Trinajstić information content (AvgIpc) is 2.92. The smallest absolute Gasteiger partial charge is 0.338 e. The van der Waals surface area contributed by atoms with E-state index in [4.69, 9.17) is 14.7 Å². The van der Waals surface area contributed by atoms with Crippen molar-refractivity contribution in [2.75, 3.05) is 6.61 Å². The van der Waals surface area contributed by atoms with E-state index >= 15 is 0 Å². The van der Waals surface area contributed by atoms with Crippen molar-refractivity contribution in [2.24, 2.45) is 0 Å². The lowest BCUT2D eigenvalue weighted by Gasteiger charge is -2.12. The first kappa shape index (κ1) is 24.0. The summed E-state index contributed by atoms with van der Waals surface area (Å²) in [7, 11) is 0. The van der Waals surface area contributed by atoms with Crippen LogP contribution < -0.4 is 0 Å². The second-order valence-corrected chi connectivity index (χ2v) is 8.86. The van der Waals surface area contributed by atoms with Crippen LogP contribution >= 0.6 is 0 Å². The van der Waals surface area contributed by atoms with E-state index in [0.29, 0.717) is 16.7 Å². The normalized spacial score (nSPS) is 10.9. The second kappa shape index (κ2) is 10.1. The Morgan fingerprint density at radius 3 is 1.76 bits per heavy atom. The molecule has 182 valence electrons. The van der Waals surface area contributed by atoms with E-state index < -0.39 is 24.2 Å². The van der Waals surface area contributed by atoms with Crippen molar-refractivity contribution in [3.63, 3.8) is 0 Å². The fraction of sp³-hybridized carbons (Fsp3) is 0.0968. The molecule has 37 heavy (non-hydrogen) atoms. The highest BCUT2D eigenvalue weighted by molar-refractivity contribution is 6.00. The van der Waals surface area contributed by atoms with Crippen LogP contribution in [0, 0.1) is 19.7 Å². The highest BCUT2D eigenvalue weighted by atomic mass is 19.1. The van der Waals surface area contributed by atoms with Gasteiger partial charge in [-0.25, -0.2) is 19.2 Å². The Labute approximate surface area is 213 Å². The second-order valence-electron chi connectivity index (χ2n) is 8.86. The molecule has 0 aliphatic rings. The minimum absolute atomic E-state index is 0.256. The van der Waals surface area contributed by atoms with Crippen LogP contribution in [-0.2, 0) is 4.74 Å². The Kier molecular flexibility index (Phi) is 6.56. The Balaban J connectivity index is 1.47. The van der Waals surface area contributed by atoms with Crippen LogP contribution in [0.1, 0.15) is 31.8 Å². The minimum Gasteiger partial charge on any atom is -0.454 e. The lowest BCUT2D eigenvalue weighted by atomic mass is 10.0. The molecule has 5 aromatic rings. The zero-order valence-electron chi connectivity index (χ0n) is 20.4. The van der Waals surface area contributed by atoms with Crippen molar-refractivity contribution >= 4 is 22.8 Å². The first-order valence-electron chi connectivity index (χ1n) is 11.8. The van der Waals surface area contributed by atoms with Crippen molar-refractivity contribution < 1.29 is 18.7 Å². The molecule has 0 atom stereocenters. The monoisotopic (exact) mass is 490 g/mol. The number of aromatic nitrogens is 2. The molecule has 0 spiro atoms. The molecule has 5 rings (SSSR count). The van der Waals surface area contributed by atoms with E-state index in [1.54, 1.807) is 18.2 Å². The van der Waals surface area contributed by atoms with Gasteiger partial charge in [-0.05, 0) is 56.3 Å². The average molecular weight is 491 g/mol. The number of carbonyl (C=O) groups excluding carboxylic acids is 2. The minimum atomic E-state index is -0.654. The van der Waals surface area contributed by atoms with Gasteiger partial charge in [-0.1, -0.05) is 59.7 Å². The Morgan fingerprint density at radius 1 is 0.676 bits per heavy atom. The third-order valence-electron chi connectivity index (χ3n) is 6.05. The van der Waals surface area contributed by atoms with E-state index in [0.717, 1.165) is 27.9 Å². The van der Waals surface area contributed by atoms with Crippen LogP contribution in [0.3, 0.4) is 0 Å². The van der Waals surface area contributed by atoms with Crippen molar-refractivity contribution in [2.45, 2.75) is 13.8 Å². The van der Waals surface area contributed by atoms with Gasteiger partial charge in [-0.2, -0.15) is 0 Å². The van der Waals surface area contributed by atoms with Crippen molar-refractivity contribution in [3.05, 3.63) is 119 Å². The third-order valence-corrected chi connectivity index (χ3v) is 6.05. The maximum absolute atomic E-state index is 13.1. The summed E-state index contributed by atoms with van der Waals surface area (Å²) in [6.45, 7) is 3.61. The van der Waals surface area contributed by atoms with E-state index in [2.05, 4.69) is 0 Å². The summed E-state index contributed by atoms with van der Waals surface area (Å²) in [5, 5.41) is 0. The summed E-state index contributed by atoms with van der Waals surface area (Å²) in [5.74, 6) is -1.52. The van der Waals surface area contributed by atoms with Gasteiger partial charge in [0.2, 0.25) is 0 Å². The van der Waals surface area contributed by atoms with Gasteiger partial charge in [0, 0.05) is 16.7 Å². The molecule has 0 aliphatic heterocycles. The number of hydrogen-bond donors (Lipinski definition) is 0. The maximum Gasteiger partial charge on any atom is 0.338 e. The summed E-state index contributed by atoms with van der Waals surface area (Å²) in [6.07, 6.45) is 0. The van der Waals surface area contributed by atoms with Crippen LogP contribution in [0.25, 0.3) is 33.5 Å². The quantitative estimate of drug-likeness (QED) is 0.194. The summed E-state index contributed by atoms with van der Waals surface area (Å²) in [5.41, 5.74) is 7.27. The van der Waals surface area contributed by atoms with E-state index in [-0.39, 0.29) is 11.1 Å². The van der Waals surface area contributed by atoms with Crippen LogP contribution in [0.2, 0.25) is 0 Å². The predicted molar refractivity (Wildman–Crippen MR) is 141 cm³/mol. The van der Waals surface area contributed by atoms with E-state index in [1.165, 1.54) is 24.3 Å². The lowest BCUT2D eigenvalue weighted by molar-refractivity contribution is 0.0475. The summed E-state index contributed by atoms with van der Waals surface area (Å²) in [4.78, 5) is 34.8. The fourth-order valence-electron chi connectivity index (χ4n) is 3.94. The summed E-state index contributed by atoms with van der Waals surface area (Å²) < 4.78 is 18.3. The van der Waals surface area contributed by atoms with Crippen LogP contribution in [0.4, 0.5) is 4.39 Å². The molecule has 0 fully saturated rings. The number of ether oxygens (including phenoxy) is 1. The predicted octanol–water partition coefficient (Wildman–Crippen LogP) is 6.76. The zero-order chi connectivity index (χ0) is 25.9. The van der Waals surface area contributed by atoms with Gasteiger partial charge in [0.25, 0.3) is 0 Å². The third kappa shape index (κ3) is 5.28. The molecule has 0 unspecified atom stereocenters. The van der Waals surface area contributed by atoms with E-state index in [9.17, 15) is 14.0 Å². The number of esters is 1. The van der Waals surface area contributed by atoms with Gasteiger partial charge in [-0.15, -0.1) is 0 Å². The number of nitrogens with zero attached hydrogens (tertiary/aromatic N) is 2. The molecular weight excluding hydrogens is 467 g/mol. The van der Waals surface area contributed by atoms with Gasteiger partial charge in [0.1, 0.15) is 5.82 Å². The van der Waals surface area contributed by atoms with Crippen molar-refractivity contribution in [1.29, 1.82) is 0 Å². The summed E-state index contributed by atoms with van der Waals surface area (Å²) >= 11 is 0. The molecule has 0 amide bonds. The highest BCUT2D eigenvalue weighted by Crippen LogP contribution is 2.31. The SMILES string of the molecule is Cc1ccc(-c2nc3ccc(C(=O)OCC(=O)c4ccc(F)cc4)cc3nc2-c2ccc(C)cc2)cc1. The number of benzene rings is 4. The first-order valence-corrected chi connectivity index (χ1v) is 11.8. The Bertz CT molecular complexity index is 1610. The van der Waals surface area contributed by atoms with Gasteiger partial charge < -0.3 is 4.74 Å². The van der Waals surface area contributed by atoms with Crippen molar-refractivity contribution in [3.8, 4) is 22.5 Å². The first-order chi connectivity index (χ1) is 17.9. The highest BCUT2D eigenvalue weighted by Gasteiger charge is 2.17. The fourth-order valence-corrected chi connectivity index (χ4v) is 3.94. The lowest BCUT2D eigenvalue weighted by Crippen LogP contribution is -2.14. The molecule has 6 heteroatoms. The number of ketones is 1. The molecule has 4 aromatic carbocycles. The van der Waals surface area contributed by atoms with Gasteiger partial charge in [0.15, 0.2) is 12.4 Å². The number of carbonyl (C=O) groups is 2. The summed E-state index contributed by atoms with van der Waals surface area (Å²) in [6, 6.07) is 26.2. The maximum atomic E-state index is 13.1. The van der Waals surface area contributed by atoms with Crippen LogP contribution in [0.15, 0.2) is 91.0 Å². The molecule has 0 aliphatic carbocycles. The number of fused-ring (bicyclic) bond motifs is 1. The number of rotatable bonds is 6. The molecule has 0 radical (unpaired) electrons. The number of hydrogen-bond acceptors (Lipinski definition) is 5. The van der Waals surface area contributed by atoms with Crippen LogP contribution in [-0.4, -0.2) is 28.3 Å². The number of Topliss-reactive ketones (excluding diaryl/α,β-unsaturated/α-hetero) is 1. The largest absolute Gasteiger partial charge is 0.454 e. The van der Waals surface area contributed by atoms with Gasteiger partial charge in [0.05, 0.1) is 28.0 Å². The molecule has 0 saturated heterocycles. The topological polar surface area (TPSA) is 69.2 Å². The number of halogens is 1. The Hall–Kier alpha value is -4.71. The van der Waals surface area contributed by atoms with Gasteiger partial charge >= 0.3 is 5.97 Å². The molecular formula is C31H23FN2O3. The Morgan fingerprint density at radius 2 is 1.19 bits per heavy atom.